The van der Waals surface area contributed by atoms with Crippen molar-refractivity contribution < 1.29 is 23.3 Å². The van der Waals surface area contributed by atoms with E-state index in [-0.39, 0.29) is 19.5 Å². The second-order valence-corrected chi connectivity index (χ2v) is 0.525. The molecule has 4 heavy (non-hydrogen) atoms. The second-order valence-electron chi connectivity index (χ2n) is 0.0583. The Balaban J connectivity index is 0. The maximum atomic E-state index is 4.26. The van der Waals surface area contributed by atoms with Crippen LogP contribution in [-0.4, -0.2) is 0 Å². The van der Waals surface area contributed by atoms with E-state index in [1.54, 1.807) is 0 Å². The van der Waals surface area contributed by atoms with Crippen LogP contribution in [0.2, 0.25) is 0 Å². The van der Waals surface area contributed by atoms with Crippen LogP contribution in [0.15, 0.2) is 0 Å². The monoisotopic (exact) mass is 150 g/mol. The summed E-state index contributed by atoms with van der Waals surface area (Å²) in [4.78, 5) is 0. The Labute approximate surface area is 47.3 Å². The summed E-state index contributed by atoms with van der Waals surface area (Å²) in [5.74, 6) is 0. The van der Waals surface area contributed by atoms with Crippen molar-refractivity contribution in [3.8, 4) is 0 Å². The quantitative estimate of drug-likeness (QED) is 0.476. The van der Waals surface area contributed by atoms with Crippen molar-refractivity contribution >= 4 is 23.7 Å². The number of hydrogen-bond acceptors (Lipinski definition) is 1. The molecule has 0 amide bonds. The fourth-order valence-electron chi connectivity index (χ4n) is 0. The smallest absolute Gasteiger partial charge is 0.0832 e. The predicted molar refractivity (Wildman–Crippen MR) is 12.8 cm³/mol. The summed E-state index contributed by atoms with van der Waals surface area (Å²) in [5.41, 5.74) is 0. The summed E-state index contributed by atoms with van der Waals surface area (Å²) in [6.45, 7) is 0. The molecular formula is Cl2OZn. The van der Waals surface area contributed by atoms with Crippen molar-refractivity contribution in [2.45, 2.75) is 0 Å². The molecule has 0 saturated heterocycles. The molecule has 0 heterocycles. The van der Waals surface area contributed by atoms with E-state index in [4.69, 9.17) is 0 Å². The van der Waals surface area contributed by atoms with Crippen LogP contribution >= 0.6 is 23.7 Å². The molecular weight excluding hydrogens is 152 g/mol. The van der Waals surface area contributed by atoms with Gasteiger partial charge in [0.1, 0.15) is 0 Å². The van der Waals surface area contributed by atoms with Gasteiger partial charge in [0.2, 0.25) is 0 Å². The minimum absolute atomic E-state index is 0. The first-order valence-electron chi connectivity index (χ1n) is 0.309. The standard InChI is InChI=1S/Cl2O.Zn/c1-3-2;. The van der Waals surface area contributed by atoms with Crippen molar-refractivity contribution in [3.05, 3.63) is 0 Å². The molecule has 1 nitrogen and oxygen atoms in total. The van der Waals surface area contributed by atoms with Gasteiger partial charge in [-0.2, -0.15) is 3.84 Å². The van der Waals surface area contributed by atoms with Crippen LogP contribution in [0.1, 0.15) is 0 Å². The Morgan fingerprint density at radius 1 is 1.25 bits per heavy atom. The molecule has 0 aliphatic carbocycles. The maximum absolute atomic E-state index is 4.26. The Morgan fingerprint density at radius 2 is 1.25 bits per heavy atom. The number of hydrogen-bond donors (Lipinski definition) is 0. The topological polar surface area (TPSA) is 9.23 Å². The third-order valence-electron chi connectivity index (χ3n) is 0. The zero-order chi connectivity index (χ0) is 2.71. The van der Waals surface area contributed by atoms with Crippen molar-refractivity contribution in [2.24, 2.45) is 0 Å². The second kappa shape index (κ2) is 8.90. The number of halogens is 2. The molecule has 0 radical (unpaired) electrons. The Kier molecular flexibility index (Phi) is 19.9. The maximum Gasteiger partial charge on any atom is 0.0832 e. The largest absolute Gasteiger partial charge is 0.166 e. The van der Waals surface area contributed by atoms with Crippen LogP contribution in [0.25, 0.3) is 0 Å². The van der Waals surface area contributed by atoms with Gasteiger partial charge in [-0.15, -0.1) is 0 Å². The molecule has 0 aromatic heterocycles. The Morgan fingerprint density at radius 3 is 1.25 bits per heavy atom. The summed E-state index contributed by atoms with van der Waals surface area (Å²) in [5, 5.41) is 0. The average Bonchev–Trinajstić information content (AvgIpc) is 0.918. The molecule has 0 fully saturated rings. The zero-order valence-electron chi connectivity index (χ0n) is 1.87. The van der Waals surface area contributed by atoms with E-state index in [1.807, 2.05) is 0 Å². The summed E-state index contributed by atoms with van der Waals surface area (Å²) in [7, 11) is 0. The molecule has 4 heteroatoms. The third-order valence-corrected chi connectivity index (χ3v) is 0. The summed E-state index contributed by atoms with van der Waals surface area (Å²) >= 11 is 8.53. The first-order valence-corrected chi connectivity index (χ1v) is 0.926. The molecule has 0 atom stereocenters. The van der Waals surface area contributed by atoms with Gasteiger partial charge < -0.3 is 0 Å². The molecule has 0 N–H and O–H groups in total. The van der Waals surface area contributed by atoms with E-state index in [1.165, 1.54) is 0 Å². The molecule has 0 rings (SSSR count). The predicted octanol–water partition coefficient (Wildman–Crippen LogP) is 1.31. The van der Waals surface area contributed by atoms with Crippen molar-refractivity contribution in [3.63, 3.8) is 0 Å². The van der Waals surface area contributed by atoms with E-state index in [9.17, 15) is 0 Å². The van der Waals surface area contributed by atoms with Crippen LogP contribution in [0.3, 0.4) is 0 Å². The number of rotatable bonds is 0. The SMILES string of the molecule is ClOCl.[Zn]. The van der Waals surface area contributed by atoms with Crippen LogP contribution in [0.4, 0.5) is 0 Å². The summed E-state index contributed by atoms with van der Waals surface area (Å²) < 4.78 is 3.19. The molecule has 22 valence electrons. The fraction of sp³-hybridized carbons (Fsp3) is 0. The van der Waals surface area contributed by atoms with Gasteiger partial charge in [0, 0.05) is 19.5 Å². The van der Waals surface area contributed by atoms with Gasteiger partial charge in [0.15, 0.2) is 0 Å². The Bertz CT molecular complexity index is 6.00. The first-order chi connectivity index (χ1) is 1.41. The van der Waals surface area contributed by atoms with E-state index >= 15 is 0 Å². The molecule has 0 saturated carbocycles. The normalized spacial score (nSPS) is 4.50. The minimum atomic E-state index is 0. The van der Waals surface area contributed by atoms with Crippen LogP contribution in [0.5, 0.6) is 0 Å². The van der Waals surface area contributed by atoms with Gasteiger partial charge in [0.25, 0.3) is 0 Å². The van der Waals surface area contributed by atoms with E-state index in [2.05, 4.69) is 27.6 Å². The van der Waals surface area contributed by atoms with Gasteiger partial charge in [-0.1, -0.05) is 0 Å². The summed E-state index contributed by atoms with van der Waals surface area (Å²) in [6.07, 6.45) is 0. The minimum Gasteiger partial charge on any atom is -0.166 e. The van der Waals surface area contributed by atoms with E-state index in [0.29, 0.717) is 0 Å². The molecule has 0 aliphatic rings. The average molecular weight is 152 g/mol. The van der Waals surface area contributed by atoms with Gasteiger partial charge in [-0.3, -0.25) is 0 Å². The van der Waals surface area contributed by atoms with E-state index in [0.717, 1.165) is 0 Å². The fourth-order valence-corrected chi connectivity index (χ4v) is 0. The van der Waals surface area contributed by atoms with Crippen molar-refractivity contribution in [1.82, 2.24) is 0 Å². The Hall–Kier alpha value is 1.16. The van der Waals surface area contributed by atoms with Crippen LogP contribution < -0.4 is 0 Å². The molecule has 0 bridgehead atoms. The van der Waals surface area contributed by atoms with Crippen molar-refractivity contribution in [1.29, 1.82) is 0 Å². The molecule has 0 aromatic carbocycles. The molecule has 0 aliphatic heterocycles. The summed E-state index contributed by atoms with van der Waals surface area (Å²) in [6, 6.07) is 0. The van der Waals surface area contributed by atoms with Crippen LogP contribution in [-0.2, 0) is 23.3 Å². The zero-order valence-corrected chi connectivity index (χ0v) is 6.35. The van der Waals surface area contributed by atoms with E-state index < -0.39 is 0 Å². The van der Waals surface area contributed by atoms with Gasteiger partial charge >= 0.3 is 0 Å². The molecule has 0 unspecified atom stereocenters. The van der Waals surface area contributed by atoms with Gasteiger partial charge in [-0.05, 0) is 0 Å². The molecule has 0 aromatic rings. The van der Waals surface area contributed by atoms with Crippen molar-refractivity contribution in [2.75, 3.05) is 0 Å². The van der Waals surface area contributed by atoms with Gasteiger partial charge in [0.05, 0.1) is 23.7 Å². The van der Waals surface area contributed by atoms with Crippen LogP contribution in [0, 0.1) is 0 Å². The third kappa shape index (κ3) is 10.9. The van der Waals surface area contributed by atoms with Gasteiger partial charge in [-0.25, -0.2) is 0 Å². The molecule has 0 spiro atoms. The first kappa shape index (κ1) is 8.94.